The molecular formula is C26H29N7O3S2. The van der Waals surface area contributed by atoms with Gasteiger partial charge in [0.25, 0.3) is 5.91 Å². The van der Waals surface area contributed by atoms with E-state index in [-0.39, 0.29) is 16.8 Å². The molecule has 3 aromatic heterocycles. The normalized spacial score (nSPS) is 15.8. The predicted molar refractivity (Wildman–Crippen MR) is 149 cm³/mol. The van der Waals surface area contributed by atoms with Crippen LogP contribution in [-0.4, -0.2) is 77.2 Å². The molecule has 4 heterocycles. The highest BCUT2D eigenvalue weighted by Gasteiger charge is 2.29. The van der Waals surface area contributed by atoms with Crippen LogP contribution < -0.4 is 10.6 Å². The zero-order valence-electron chi connectivity index (χ0n) is 21.2. The number of hydrogen-bond donors (Lipinski definition) is 2. The average molecular weight is 552 g/mol. The average Bonchev–Trinajstić information content (AvgIpc) is 3.31. The number of fused-ring (bicyclic) bond motifs is 1. The van der Waals surface area contributed by atoms with Crippen LogP contribution >= 0.6 is 11.3 Å². The summed E-state index contributed by atoms with van der Waals surface area (Å²) in [6.45, 7) is 7.03. The Kier molecular flexibility index (Phi) is 7.65. The van der Waals surface area contributed by atoms with E-state index < -0.39 is 10.0 Å². The van der Waals surface area contributed by atoms with Crippen LogP contribution in [0.3, 0.4) is 0 Å². The summed E-state index contributed by atoms with van der Waals surface area (Å²) in [4.78, 5) is 27.5. The van der Waals surface area contributed by atoms with Crippen molar-refractivity contribution in [2.45, 2.75) is 24.8 Å². The lowest BCUT2D eigenvalue weighted by molar-refractivity contribution is 0.102. The van der Waals surface area contributed by atoms with E-state index in [1.807, 2.05) is 6.92 Å². The molecule has 1 amide bonds. The molecule has 0 radical (unpaired) electrons. The van der Waals surface area contributed by atoms with E-state index in [0.717, 1.165) is 28.1 Å². The number of rotatable bonds is 8. The first-order chi connectivity index (χ1) is 18.3. The van der Waals surface area contributed by atoms with Crippen LogP contribution in [0.2, 0.25) is 0 Å². The molecule has 1 atom stereocenters. The zero-order chi connectivity index (χ0) is 26.7. The number of carbonyl (C=O) groups is 1. The van der Waals surface area contributed by atoms with Gasteiger partial charge in [0.15, 0.2) is 0 Å². The molecule has 1 aliphatic heterocycles. The summed E-state index contributed by atoms with van der Waals surface area (Å²) in [6, 6.07) is 9.64. The molecule has 0 unspecified atom stereocenters. The van der Waals surface area contributed by atoms with Gasteiger partial charge in [0.05, 0.1) is 15.1 Å². The van der Waals surface area contributed by atoms with E-state index >= 15 is 0 Å². The number of hydrogen-bond acceptors (Lipinski definition) is 9. The second-order valence-electron chi connectivity index (χ2n) is 9.28. The van der Waals surface area contributed by atoms with Gasteiger partial charge in [-0.1, -0.05) is 0 Å². The topological polar surface area (TPSA) is 120 Å². The Labute approximate surface area is 225 Å². The van der Waals surface area contributed by atoms with E-state index in [9.17, 15) is 13.2 Å². The van der Waals surface area contributed by atoms with Gasteiger partial charge < -0.3 is 10.6 Å². The molecule has 10 nitrogen and oxygen atoms in total. The summed E-state index contributed by atoms with van der Waals surface area (Å²) in [7, 11) is -3.63. The van der Waals surface area contributed by atoms with Crippen molar-refractivity contribution >= 4 is 49.0 Å². The Morgan fingerprint density at radius 1 is 1.05 bits per heavy atom. The molecular weight excluding hydrogens is 522 g/mol. The van der Waals surface area contributed by atoms with Crippen molar-refractivity contribution in [1.82, 2.24) is 24.2 Å². The summed E-state index contributed by atoms with van der Waals surface area (Å²) >= 11 is 1.63. The van der Waals surface area contributed by atoms with Crippen molar-refractivity contribution in [3.8, 4) is 0 Å². The maximum absolute atomic E-state index is 13.2. The van der Waals surface area contributed by atoms with Gasteiger partial charge in [0, 0.05) is 62.4 Å². The Hall–Kier alpha value is -3.45. The third kappa shape index (κ3) is 5.68. The van der Waals surface area contributed by atoms with Crippen molar-refractivity contribution in [1.29, 1.82) is 0 Å². The fourth-order valence-electron chi connectivity index (χ4n) is 4.46. The van der Waals surface area contributed by atoms with Crippen molar-refractivity contribution < 1.29 is 13.2 Å². The van der Waals surface area contributed by atoms with Gasteiger partial charge in [-0.05, 0) is 61.2 Å². The molecule has 198 valence electrons. The Balaban J connectivity index is 1.15. The number of amides is 1. The minimum atomic E-state index is -3.63. The smallest absolute Gasteiger partial charge is 0.255 e. The van der Waals surface area contributed by atoms with Gasteiger partial charge in [0.1, 0.15) is 12.1 Å². The Morgan fingerprint density at radius 2 is 1.76 bits per heavy atom. The van der Waals surface area contributed by atoms with E-state index in [1.54, 1.807) is 54.3 Å². The van der Waals surface area contributed by atoms with Crippen LogP contribution in [0.5, 0.6) is 0 Å². The summed E-state index contributed by atoms with van der Waals surface area (Å²) in [5.74, 6) is 0.555. The number of nitrogens with zero attached hydrogens (tertiary/aromatic N) is 5. The van der Waals surface area contributed by atoms with Crippen molar-refractivity contribution in [2.24, 2.45) is 0 Å². The van der Waals surface area contributed by atoms with Gasteiger partial charge in [-0.3, -0.25) is 14.7 Å². The highest BCUT2D eigenvalue weighted by Crippen LogP contribution is 2.29. The van der Waals surface area contributed by atoms with E-state index in [4.69, 9.17) is 0 Å². The number of anilines is 2. The number of aromatic nitrogens is 3. The van der Waals surface area contributed by atoms with Gasteiger partial charge in [-0.25, -0.2) is 18.4 Å². The molecule has 0 spiro atoms. The van der Waals surface area contributed by atoms with Crippen LogP contribution in [0, 0.1) is 6.92 Å². The molecule has 1 saturated heterocycles. The first-order valence-corrected chi connectivity index (χ1v) is 14.6. The minimum Gasteiger partial charge on any atom is -0.365 e. The molecule has 1 aromatic carbocycles. The molecule has 0 bridgehead atoms. The van der Waals surface area contributed by atoms with E-state index in [2.05, 4.69) is 42.8 Å². The fraction of sp³-hybridized carbons (Fsp3) is 0.308. The summed E-state index contributed by atoms with van der Waals surface area (Å²) < 4.78 is 29.0. The number of carbonyl (C=O) groups excluding carboxylic acids is 1. The van der Waals surface area contributed by atoms with Gasteiger partial charge in [-0.15, -0.1) is 11.3 Å². The molecule has 1 aliphatic rings. The number of sulfonamides is 1. The van der Waals surface area contributed by atoms with Crippen molar-refractivity contribution in [3.05, 3.63) is 71.6 Å². The maximum atomic E-state index is 13.2. The van der Waals surface area contributed by atoms with Crippen molar-refractivity contribution in [3.63, 3.8) is 0 Å². The lowest BCUT2D eigenvalue weighted by Gasteiger charge is -2.35. The Morgan fingerprint density at radius 3 is 2.47 bits per heavy atom. The van der Waals surface area contributed by atoms with Gasteiger partial charge in [-0.2, -0.15) is 4.31 Å². The molecule has 12 heteroatoms. The van der Waals surface area contributed by atoms with E-state index in [0.29, 0.717) is 37.4 Å². The third-order valence-corrected chi connectivity index (χ3v) is 9.48. The monoisotopic (exact) mass is 551 g/mol. The van der Waals surface area contributed by atoms with Crippen LogP contribution in [-0.2, 0) is 10.0 Å². The zero-order valence-corrected chi connectivity index (χ0v) is 22.8. The quantitative estimate of drug-likeness (QED) is 0.342. The lowest BCUT2D eigenvalue weighted by Crippen LogP contribution is -2.50. The molecule has 38 heavy (non-hydrogen) atoms. The minimum absolute atomic E-state index is 0.133. The summed E-state index contributed by atoms with van der Waals surface area (Å²) in [5.41, 5.74) is 3.12. The van der Waals surface area contributed by atoms with Gasteiger partial charge in [0.2, 0.25) is 10.0 Å². The molecule has 5 rings (SSSR count). The summed E-state index contributed by atoms with van der Waals surface area (Å²) in [6.07, 6.45) is 4.67. The Bertz CT molecular complexity index is 1520. The molecule has 2 N–H and O–H groups in total. The van der Waals surface area contributed by atoms with E-state index in [1.165, 1.54) is 16.4 Å². The number of benzene rings is 1. The second kappa shape index (κ2) is 11.1. The van der Waals surface area contributed by atoms with Crippen LogP contribution in [0.15, 0.2) is 65.4 Å². The van der Waals surface area contributed by atoms with Crippen LogP contribution in [0.4, 0.5) is 11.5 Å². The fourth-order valence-corrected chi connectivity index (χ4v) is 6.83. The third-order valence-electron chi connectivity index (χ3n) is 6.47. The highest BCUT2D eigenvalue weighted by atomic mass is 32.2. The standard InChI is InChI=1S/C26H29N7O3S2/c1-18-16-37-24-23(18)28-17-29-25(24)30-19(2)15-32-11-13-33(14-12-32)38(35,36)22-5-3-21(4-6-22)31-26(34)20-7-9-27-10-8-20/h3-10,16-17,19H,11-15H2,1-2H3,(H,31,34)(H,28,29,30)/t19-/m0/s1. The van der Waals surface area contributed by atoms with Crippen LogP contribution in [0.25, 0.3) is 10.2 Å². The molecule has 0 saturated carbocycles. The second-order valence-corrected chi connectivity index (χ2v) is 12.1. The molecule has 4 aromatic rings. The van der Waals surface area contributed by atoms with Crippen LogP contribution in [0.1, 0.15) is 22.8 Å². The number of nitrogens with one attached hydrogen (secondary N) is 2. The summed E-state index contributed by atoms with van der Waals surface area (Å²) in [5, 5.41) is 8.35. The highest BCUT2D eigenvalue weighted by molar-refractivity contribution is 7.89. The SMILES string of the molecule is Cc1csc2c(N[C@@H](C)CN3CCN(S(=O)(=O)c4ccc(NC(=O)c5ccncc5)cc4)CC3)ncnc12. The number of pyridine rings is 1. The number of piperazine rings is 1. The number of thiophene rings is 1. The lowest BCUT2D eigenvalue weighted by atomic mass is 10.2. The van der Waals surface area contributed by atoms with Crippen molar-refractivity contribution in [2.75, 3.05) is 43.4 Å². The largest absolute Gasteiger partial charge is 0.365 e. The first-order valence-electron chi connectivity index (χ1n) is 12.3. The predicted octanol–water partition coefficient (Wildman–Crippen LogP) is 3.45. The maximum Gasteiger partial charge on any atom is 0.255 e. The van der Waals surface area contributed by atoms with Gasteiger partial charge >= 0.3 is 0 Å². The molecule has 1 fully saturated rings. The first kappa shape index (κ1) is 26.2. The molecule has 0 aliphatic carbocycles. The number of aryl methyl sites for hydroxylation is 1.